The fraction of sp³-hybridized carbons (Fsp3) is 0.250. The summed E-state index contributed by atoms with van der Waals surface area (Å²) in [5.41, 5.74) is 1.81. The number of aliphatic hydroxyl groups excluding tert-OH is 2. The van der Waals surface area contributed by atoms with Crippen LogP contribution in [0.2, 0.25) is 0 Å². The molecule has 2 N–H and O–H groups in total. The Labute approximate surface area is 146 Å². The predicted octanol–water partition coefficient (Wildman–Crippen LogP) is 2.96. The van der Waals surface area contributed by atoms with E-state index in [0.717, 1.165) is 28.1 Å². The highest BCUT2D eigenvalue weighted by molar-refractivity contribution is 5.93. The van der Waals surface area contributed by atoms with Gasteiger partial charge < -0.3 is 19.8 Å². The summed E-state index contributed by atoms with van der Waals surface area (Å²) in [6.45, 7) is 0.523. The normalized spacial score (nSPS) is 20.2. The van der Waals surface area contributed by atoms with Crippen LogP contribution in [0.1, 0.15) is 6.42 Å². The van der Waals surface area contributed by atoms with E-state index in [2.05, 4.69) is 9.88 Å². The van der Waals surface area contributed by atoms with E-state index in [-0.39, 0.29) is 12.6 Å². The van der Waals surface area contributed by atoms with E-state index in [9.17, 15) is 10.2 Å². The predicted molar refractivity (Wildman–Crippen MR) is 97.1 cm³/mol. The Bertz CT molecular complexity index is 869. The van der Waals surface area contributed by atoms with Gasteiger partial charge in [-0.3, -0.25) is 4.98 Å². The van der Waals surface area contributed by atoms with Crippen LogP contribution in [0.5, 0.6) is 11.5 Å². The van der Waals surface area contributed by atoms with Crippen molar-refractivity contribution in [2.45, 2.75) is 18.6 Å². The molecule has 4 rings (SSSR count). The van der Waals surface area contributed by atoms with Gasteiger partial charge in [-0.05, 0) is 42.8 Å². The molecule has 1 aliphatic rings. The molecule has 2 atom stereocenters. The number of rotatable bonds is 4. The molecule has 5 nitrogen and oxygen atoms in total. The molecule has 0 amide bonds. The monoisotopic (exact) mass is 336 g/mol. The number of para-hydroxylation sites is 1. The highest BCUT2D eigenvalue weighted by Gasteiger charge is 2.31. The van der Waals surface area contributed by atoms with Crippen molar-refractivity contribution >= 4 is 16.6 Å². The first-order valence-electron chi connectivity index (χ1n) is 8.42. The van der Waals surface area contributed by atoms with Crippen LogP contribution in [0.15, 0.2) is 60.8 Å². The first-order valence-corrected chi connectivity index (χ1v) is 8.42. The van der Waals surface area contributed by atoms with Gasteiger partial charge >= 0.3 is 0 Å². The molecule has 128 valence electrons. The minimum atomic E-state index is -0.427. The van der Waals surface area contributed by atoms with Crippen LogP contribution in [0, 0.1) is 0 Å². The Kier molecular flexibility index (Phi) is 4.26. The van der Waals surface area contributed by atoms with E-state index in [1.165, 1.54) is 0 Å². The molecule has 0 saturated carbocycles. The van der Waals surface area contributed by atoms with Crippen molar-refractivity contribution < 1.29 is 14.9 Å². The van der Waals surface area contributed by atoms with Crippen molar-refractivity contribution in [1.82, 2.24) is 4.98 Å². The smallest absolute Gasteiger partial charge is 0.128 e. The van der Waals surface area contributed by atoms with E-state index in [4.69, 9.17) is 4.74 Å². The standard InChI is InChI=1S/C20H20N2O3/c23-13-14-10-15(24)12-22(14)20-8-9-21-19-7-6-17(11-18(19)20)25-16-4-2-1-3-5-16/h1-9,11,14-15,23-24H,10,12-13H2/t14-,15-/m0/s1. The zero-order valence-corrected chi connectivity index (χ0v) is 13.7. The van der Waals surface area contributed by atoms with Crippen molar-refractivity contribution in [3.8, 4) is 11.5 Å². The molecule has 5 heteroatoms. The lowest BCUT2D eigenvalue weighted by Crippen LogP contribution is -2.32. The second kappa shape index (κ2) is 6.70. The summed E-state index contributed by atoms with van der Waals surface area (Å²) >= 11 is 0. The molecule has 25 heavy (non-hydrogen) atoms. The quantitative estimate of drug-likeness (QED) is 0.767. The maximum Gasteiger partial charge on any atom is 0.128 e. The first-order chi connectivity index (χ1) is 12.2. The summed E-state index contributed by atoms with van der Waals surface area (Å²) in [6.07, 6.45) is 1.90. The van der Waals surface area contributed by atoms with Crippen molar-refractivity contribution in [2.75, 3.05) is 18.1 Å². The Morgan fingerprint density at radius 2 is 1.92 bits per heavy atom. The summed E-state index contributed by atoms with van der Waals surface area (Å²) in [6, 6.07) is 17.3. The number of fused-ring (bicyclic) bond motifs is 1. The van der Waals surface area contributed by atoms with Gasteiger partial charge in [0, 0.05) is 23.8 Å². The Hall–Kier alpha value is -2.63. The van der Waals surface area contributed by atoms with Gasteiger partial charge in [0.15, 0.2) is 0 Å². The Morgan fingerprint density at radius 1 is 1.08 bits per heavy atom. The Morgan fingerprint density at radius 3 is 2.72 bits per heavy atom. The van der Waals surface area contributed by atoms with Crippen molar-refractivity contribution in [2.24, 2.45) is 0 Å². The summed E-state index contributed by atoms with van der Waals surface area (Å²) in [5.74, 6) is 1.50. The number of benzene rings is 2. The number of anilines is 1. The van der Waals surface area contributed by atoms with Gasteiger partial charge in [0.2, 0.25) is 0 Å². The fourth-order valence-electron chi connectivity index (χ4n) is 3.41. The van der Waals surface area contributed by atoms with Crippen LogP contribution < -0.4 is 9.64 Å². The third kappa shape index (κ3) is 3.16. The molecular formula is C20H20N2O3. The molecule has 0 aliphatic carbocycles. The number of hydrogen-bond donors (Lipinski definition) is 2. The minimum Gasteiger partial charge on any atom is -0.457 e. The lowest BCUT2D eigenvalue weighted by molar-refractivity contribution is 0.184. The maximum atomic E-state index is 9.99. The first kappa shape index (κ1) is 15.9. The number of β-amino-alcohol motifs (C(OH)–C–C–N with tert-alkyl or cyclic N) is 1. The molecule has 1 aromatic heterocycles. The molecule has 0 spiro atoms. The van der Waals surface area contributed by atoms with Crippen LogP contribution in [0.4, 0.5) is 5.69 Å². The fourth-order valence-corrected chi connectivity index (χ4v) is 3.41. The van der Waals surface area contributed by atoms with Crippen molar-refractivity contribution in [3.63, 3.8) is 0 Å². The zero-order valence-electron chi connectivity index (χ0n) is 13.7. The summed E-state index contributed by atoms with van der Waals surface area (Å²) < 4.78 is 5.93. The van der Waals surface area contributed by atoms with Gasteiger partial charge in [-0.1, -0.05) is 18.2 Å². The maximum absolute atomic E-state index is 9.99. The second-order valence-electron chi connectivity index (χ2n) is 6.30. The second-order valence-corrected chi connectivity index (χ2v) is 6.30. The zero-order chi connectivity index (χ0) is 17.2. The molecule has 0 unspecified atom stereocenters. The van der Waals surface area contributed by atoms with Crippen molar-refractivity contribution in [1.29, 1.82) is 0 Å². The largest absolute Gasteiger partial charge is 0.457 e. The van der Waals surface area contributed by atoms with E-state index < -0.39 is 6.10 Å². The van der Waals surface area contributed by atoms with Gasteiger partial charge in [0.1, 0.15) is 11.5 Å². The van der Waals surface area contributed by atoms with Gasteiger partial charge in [0.25, 0.3) is 0 Å². The highest BCUT2D eigenvalue weighted by Crippen LogP contribution is 2.34. The van der Waals surface area contributed by atoms with E-state index in [1.54, 1.807) is 6.20 Å². The third-order valence-electron chi connectivity index (χ3n) is 4.58. The highest BCUT2D eigenvalue weighted by atomic mass is 16.5. The van der Waals surface area contributed by atoms with Crippen LogP contribution in [0.3, 0.4) is 0 Å². The lowest BCUT2D eigenvalue weighted by atomic mass is 10.1. The number of pyridine rings is 1. The van der Waals surface area contributed by atoms with E-state index >= 15 is 0 Å². The summed E-state index contributed by atoms with van der Waals surface area (Å²) in [7, 11) is 0. The van der Waals surface area contributed by atoms with Crippen LogP contribution in [-0.2, 0) is 0 Å². The molecular weight excluding hydrogens is 316 g/mol. The van der Waals surface area contributed by atoms with Gasteiger partial charge in [-0.15, -0.1) is 0 Å². The van der Waals surface area contributed by atoms with Gasteiger partial charge in [-0.25, -0.2) is 0 Å². The van der Waals surface area contributed by atoms with Gasteiger partial charge in [-0.2, -0.15) is 0 Å². The van der Waals surface area contributed by atoms with Gasteiger partial charge in [0.05, 0.1) is 24.3 Å². The molecule has 0 bridgehead atoms. The van der Waals surface area contributed by atoms with Crippen LogP contribution >= 0.6 is 0 Å². The van der Waals surface area contributed by atoms with Crippen LogP contribution in [-0.4, -0.2) is 40.5 Å². The molecule has 1 fully saturated rings. The van der Waals surface area contributed by atoms with Crippen molar-refractivity contribution in [3.05, 3.63) is 60.8 Å². The van der Waals surface area contributed by atoms with E-state index in [0.29, 0.717) is 13.0 Å². The number of aromatic nitrogens is 1. The number of hydrogen-bond acceptors (Lipinski definition) is 5. The molecule has 0 radical (unpaired) electrons. The lowest BCUT2D eigenvalue weighted by Gasteiger charge is -2.26. The molecule has 1 saturated heterocycles. The molecule has 3 aromatic rings. The number of aliphatic hydroxyl groups is 2. The Balaban J connectivity index is 1.73. The number of ether oxygens (including phenoxy) is 1. The molecule has 2 aromatic carbocycles. The molecule has 1 aliphatic heterocycles. The average molecular weight is 336 g/mol. The third-order valence-corrected chi connectivity index (χ3v) is 4.58. The minimum absolute atomic E-state index is 0.0150. The topological polar surface area (TPSA) is 65.8 Å². The summed E-state index contributed by atoms with van der Waals surface area (Å²) in [5, 5.41) is 20.6. The van der Waals surface area contributed by atoms with E-state index in [1.807, 2.05) is 54.6 Å². The number of nitrogens with zero attached hydrogens (tertiary/aromatic N) is 2. The molecule has 2 heterocycles. The summed E-state index contributed by atoms with van der Waals surface area (Å²) in [4.78, 5) is 6.48. The van der Waals surface area contributed by atoms with Crippen LogP contribution in [0.25, 0.3) is 10.9 Å². The average Bonchev–Trinajstić information content (AvgIpc) is 3.03. The SMILES string of the molecule is OC[C@@H]1C[C@H](O)CN1c1ccnc2ccc(Oc3ccccc3)cc12.